The van der Waals surface area contributed by atoms with E-state index in [9.17, 15) is 8.78 Å². The fourth-order valence-electron chi connectivity index (χ4n) is 2.23. The van der Waals surface area contributed by atoms with Gasteiger partial charge in [-0.3, -0.25) is 4.98 Å². The molecule has 2 rings (SSSR count). The molecule has 0 bridgehead atoms. The van der Waals surface area contributed by atoms with Gasteiger partial charge in [0.1, 0.15) is 0 Å². The van der Waals surface area contributed by atoms with Gasteiger partial charge in [0.05, 0.1) is 5.69 Å². The molecule has 4 heteroatoms. The average Bonchev–Trinajstić information content (AvgIpc) is 2.38. The van der Waals surface area contributed by atoms with Gasteiger partial charge in [-0.05, 0) is 29.7 Å². The molecule has 2 N–H and O–H groups in total. The predicted molar refractivity (Wildman–Crippen MR) is 77.7 cm³/mol. The summed E-state index contributed by atoms with van der Waals surface area (Å²) in [6.07, 6.45) is 1.71. The number of anilines is 1. The Labute approximate surface area is 117 Å². The fraction of sp³-hybridized carbons (Fsp3) is 0.312. The number of nitrogens with zero attached hydrogens (tertiary/aromatic N) is 1. The van der Waals surface area contributed by atoms with E-state index in [0.29, 0.717) is 5.56 Å². The molecule has 1 aromatic heterocycles. The van der Waals surface area contributed by atoms with Crippen LogP contribution in [0.1, 0.15) is 37.9 Å². The highest BCUT2D eigenvalue weighted by molar-refractivity contribution is 5.70. The maximum atomic E-state index is 13.6. The van der Waals surface area contributed by atoms with Gasteiger partial charge in [0.2, 0.25) is 0 Å². The minimum Gasteiger partial charge on any atom is -0.398 e. The third kappa shape index (κ3) is 2.79. The van der Waals surface area contributed by atoms with E-state index in [1.807, 2.05) is 19.9 Å². The summed E-state index contributed by atoms with van der Waals surface area (Å²) in [5.74, 6) is -2.74. The van der Waals surface area contributed by atoms with Crippen LogP contribution in [0.2, 0.25) is 0 Å². The Bertz CT molecular complexity index is 616. The molecule has 0 fully saturated rings. The fourth-order valence-corrected chi connectivity index (χ4v) is 2.23. The van der Waals surface area contributed by atoms with Crippen LogP contribution >= 0.6 is 0 Å². The standard InChI is InChI=1S/C16H18F2N2/c1-10(2)15-12(5-4-8-20-15)11-6-7-14(19)13(9-11)16(3,17)18/h4-10H,19H2,1-3H3. The highest BCUT2D eigenvalue weighted by Crippen LogP contribution is 2.36. The van der Waals surface area contributed by atoms with Gasteiger partial charge in [0, 0.05) is 29.9 Å². The Balaban J connectivity index is 2.60. The van der Waals surface area contributed by atoms with E-state index in [1.165, 1.54) is 12.1 Å². The monoisotopic (exact) mass is 276 g/mol. The summed E-state index contributed by atoms with van der Waals surface area (Å²) in [5, 5.41) is 0. The van der Waals surface area contributed by atoms with Gasteiger partial charge >= 0.3 is 0 Å². The summed E-state index contributed by atoms with van der Waals surface area (Å²) in [7, 11) is 0. The van der Waals surface area contributed by atoms with Crippen LogP contribution in [-0.4, -0.2) is 4.98 Å². The lowest BCUT2D eigenvalue weighted by molar-refractivity contribution is 0.0183. The molecule has 0 amide bonds. The third-order valence-electron chi connectivity index (χ3n) is 3.22. The van der Waals surface area contributed by atoms with Gasteiger partial charge in [-0.25, -0.2) is 8.78 Å². The molecule has 1 aromatic carbocycles. The predicted octanol–water partition coefficient (Wildman–Crippen LogP) is 4.57. The maximum absolute atomic E-state index is 13.6. The van der Waals surface area contributed by atoms with Crippen molar-refractivity contribution in [2.24, 2.45) is 0 Å². The van der Waals surface area contributed by atoms with Crippen molar-refractivity contribution in [2.45, 2.75) is 32.6 Å². The van der Waals surface area contributed by atoms with Crippen LogP contribution in [-0.2, 0) is 5.92 Å². The molecule has 0 saturated carbocycles. The van der Waals surface area contributed by atoms with Crippen molar-refractivity contribution in [1.29, 1.82) is 0 Å². The Hall–Kier alpha value is -1.97. The number of halogens is 2. The van der Waals surface area contributed by atoms with Gasteiger partial charge in [-0.2, -0.15) is 0 Å². The number of hydrogen-bond donors (Lipinski definition) is 1. The Morgan fingerprint density at radius 3 is 2.50 bits per heavy atom. The molecule has 0 unspecified atom stereocenters. The molecule has 0 radical (unpaired) electrons. The van der Waals surface area contributed by atoms with Crippen molar-refractivity contribution in [3.05, 3.63) is 47.8 Å². The van der Waals surface area contributed by atoms with E-state index in [4.69, 9.17) is 5.73 Å². The van der Waals surface area contributed by atoms with E-state index >= 15 is 0 Å². The molecule has 0 spiro atoms. The van der Waals surface area contributed by atoms with Crippen molar-refractivity contribution >= 4 is 5.69 Å². The van der Waals surface area contributed by atoms with E-state index in [0.717, 1.165) is 18.2 Å². The van der Waals surface area contributed by atoms with E-state index < -0.39 is 5.92 Å². The minimum absolute atomic E-state index is 0.108. The van der Waals surface area contributed by atoms with Crippen LogP contribution in [0.3, 0.4) is 0 Å². The zero-order chi connectivity index (χ0) is 14.9. The summed E-state index contributed by atoms with van der Waals surface area (Å²) in [4.78, 5) is 4.35. The number of nitrogen functional groups attached to an aromatic ring is 1. The summed E-state index contributed by atoms with van der Waals surface area (Å²) in [6, 6.07) is 8.44. The van der Waals surface area contributed by atoms with Crippen molar-refractivity contribution in [3.63, 3.8) is 0 Å². The zero-order valence-corrected chi connectivity index (χ0v) is 11.8. The first kappa shape index (κ1) is 14.4. The summed E-state index contributed by atoms with van der Waals surface area (Å²) >= 11 is 0. The molecule has 0 saturated heterocycles. The molecular weight excluding hydrogens is 258 g/mol. The van der Waals surface area contributed by atoms with Gasteiger partial charge in [0.15, 0.2) is 0 Å². The van der Waals surface area contributed by atoms with Crippen molar-refractivity contribution in [2.75, 3.05) is 5.73 Å². The van der Waals surface area contributed by atoms with Crippen molar-refractivity contribution < 1.29 is 8.78 Å². The number of alkyl halides is 2. The first-order valence-electron chi connectivity index (χ1n) is 6.54. The van der Waals surface area contributed by atoms with Crippen LogP contribution in [0.4, 0.5) is 14.5 Å². The highest BCUT2D eigenvalue weighted by Gasteiger charge is 2.27. The summed E-state index contributed by atoms with van der Waals surface area (Å²) in [6.45, 7) is 4.91. The molecule has 2 nitrogen and oxygen atoms in total. The average molecular weight is 276 g/mol. The molecule has 0 aliphatic carbocycles. The second-order valence-corrected chi connectivity index (χ2v) is 5.28. The molecule has 106 valence electrons. The number of pyridine rings is 1. The summed E-state index contributed by atoms with van der Waals surface area (Å²) in [5.41, 5.74) is 8.09. The molecular formula is C16H18F2N2. The second-order valence-electron chi connectivity index (χ2n) is 5.28. The first-order valence-corrected chi connectivity index (χ1v) is 6.54. The lowest BCUT2D eigenvalue weighted by atomic mass is 9.95. The topological polar surface area (TPSA) is 38.9 Å². The third-order valence-corrected chi connectivity index (χ3v) is 3.22. The Kier molecular flexibility index (Phi) is 3.75. The molecule has 0 atom stereocenters. The van der Waals surface area contributed by atoms with E-state index in [1.54, 1.807) is 18.3 Å². The number of rotatable bonds is 3. The van der Waals surface area contributed by atoms with Crippen LogP contribution in [0.5, 0.6) is 0 Å². The SMILES string of the molecule is CC(C)c1ncccc1-c1ccc(N)c(C(C)(F)F)c1. The van der Waals surface area contributed by atoms with Crippen molar-refractivity contribution in [3.8, 4) is 11.1 Å². The molecule has 2 aromatic rings. The number of benzene rings is 1. The van der Waals surface area contributed by atoms with E-state index in [-0.39, 0.29) is 17.2 Å². The Morgan fingerprint density at radius 1 is 1.20 bits per heavy atom. The smallest absolute Gasteiger partial charge is 0.272 e. The maximum Gasteiger partial charge on any atom is 0.272 e. The molecule has 0 aliphatic heterocycles. The van der Waals surface area contributed by atoms with Gasteiger partial charge in [0.25, 0.3) is 5.92 Å². The van der Waals surface area contributed by atoms with Crippen LogP contribution in [0, 0.1) is 0 Å². The zero-order valence-electron chi connectivity index (χ0n) is 11.8. The quantitative estimate of drug-likeness (QED) is 0.834. The normalized spacial score (nSPS) is 11.9. The Morgan fingerprint density at radius 2 is 1.90 bits per heavy atom. The van der Waals surface area contributed by atoms with Crippen molar-refractivity contribution in [1.82, 2.24) is 4.98 Å². The summed E-state index contributed by atoms with van der Waals surface area (Å²) < 4.78 is 27.1. The van der Waals surface area contributed by atoms with Gasteiger partial charge in [-0.15, -0.1) is 0 Å². The highest BCUT2D eigenvalue weighted by atomic mass is 19.3. The second kappa shape index (κ2) is 5.19. The lowest BCUT2D eigenvalue weighted by Crippen LogP contribution is -2.10. The minimum atomic E-state index is -2.96. The number of aromatic nitrogens is 1. The lowest BCUT2D eigenvalue weighted by Gasteiger charge is -2.17. The molecule has 0 aliphatic rings. The molecule has 1 heterocycles. The first-order chi connectivity index (χ1) is 9.30. The number of hydrogen-bond acceptors (Lipinski definition) is 2. The number of nitrogens with two attached hydrogens (primary N) is 1. The van der Waals surface area contributed by atoms with Gasteiger partial charge in [-0.1, -0.05) is 26.0 Å². The van der Waals surface area contributed by atoms with Gasteiger partial charge < -0.3 is 5.73 Å². The van der Waals surface area contributed by atoms with Crippen LogP contribution in [0.15, 0.2) is 36.5 Å². The molecule has 20 heavy (non-hydrogen) atoms. The van der Waals surface area contributed by atoms with Crippen LogP contribution in [0.25, 0.3) is 11.1 Å². The van der Waals surface area contributed by atoms with E-state index in [2.05, 4.69) is 4.98 Å². The largest absolute Gasteiger partial charge is 0.398 e. The van der Waals surface area contributed by atoms with Crippen LogP contribution < -0.4 is 5.73 Å².